The molecular weight excluding hydrogens is 526 g/mol. The van der Waals surface area contributed by atoms with E-state index in [4.69, 9.17) is 17.0 Å². The van der Waals surface area contributed by atoms with Crippen molar-refractivity contribution in [2.45, 2.75) is 19.8 Å². The molecule has 0 atom stereocenters. The number of hydrogen-bond donors (Lipinski definition) is 2. The van der Waals surface area contributed by atoms with Crippen LogP contribution in [0.1, 0.15) is 39.6 Å². The van der Waals surface area contributed by atoms with Crippen LogP contribution < -0.4 is 20.3 Å². The van der Waals surface area contributed by atoms with Crippen molar-refractivity contribution in [1.29, 1.82) is 0 Å². The summed E-state index contributed by atoms with van der Waals surface area (Å²) in [6.07, 6.45) is 1.62. The maximum atomic E-state index is 12.9. The van der Waals surface area contributed by atoms with Crippen LogP contribution in [0.5, 0.6) is 5.75 Å². The van der Waals surface area contributed by atoms with E-state index in [1.807, 2.05) is 43.3 Å². The summed E-state index contributed by atoms with van der Waals surface area (Å²) in [6.45, 7) is 3.13. The molecule has 0 fully saturated rings. The first-order valence-electron chi connectivity index (χ1n) is 11.3. The van der Waals surface area contributed by atoms with Gasteiger partial charge in [0, 0.05) is 19.2 Å². The molecule has 8 heteroatoms. The first-order chi connectivity index (χ1) is 16.9. The van der Waals surface area contributed by atoms with Crippen LogP contribution >= 0.6 is 28.1 Å². The number of benzene rings is 3. The number of halogens is 1. The van der Waals surface area contributed by atoms with Gasteiger partial charge in [0.2, 0.25) is 0 Å². The Balaban J connectivity index is 1.64. The van der Waals surface area contributed by atoms with Gasteiger partial charge in [0.25, 0.3) is 11.8 Å². The SMILES string of the molecule is CCCOc1ccc(C(=O)NC(=S)N(C)c2ccccc2C(=O)NCCc2ccccc2)cc1Br. The van der Waals surface area contributed by atoms with Crippen LogP contribution in [-0.2, 0) is 6.42 Å². The molecule has 0 saturated carbocycles. The Morgan fingerprint density at radius 3 is 2.43 bits per heavy atom. The van der Waals surface area contributed by atoms with Crippen molar-refractivity contribution in [3.8, 4) is 5.75 Å². The van der Waals surface area contributed by atoms with Gasteiger partial charge in [-0.2, -0.15) is 0 Å². The molecule has 0 radical (unpaired) electrons. The summed E-state index contributed by atoms with van der Waals surface area (Å²) in [4.78, 5) is 27.3. The quantitative estimate of drug-likeness (QED) is 0.349. The average Bonchev–Trinajstić information content (AvgIpc) is 2.88. The lowest BCUT2D eigenvalue weighted by Gasteiger charge is -2.23. The molecule has 3 rings (SSSR count). The lowest BCUT2D eigenvalue weighted by atomic mass is 10.1. The normalized spacial score (nSPS) is 10.4. The van der Waals surface area contributed by atoms with E-state index in [1.54, 1.807) is 48.3 Å². The predicted octanol–water partition coefficient (Wildman–Crippen LogP) is 5.36. The molecule has 0 aromatic heterocycles. The van der Waals surface area contributed by atoms with Gasteiger partial charge in [-0.05, 0) is 76.9 Å². The first kappa shape index (κ1) is 26.4. The number of ether oxygens (including phenoxy) is 1. The number of para-hydroxylation sites is 1. The minimum absolute atomic E-state index is 0.182. The van der Waals surface area contributed by atoms with Crippen LogP contribution in [0.2, 0.25) is 0 Å². The maximum Gasteiger partial charge on any atom is 0.257 e. The fraction of sp³-hybridized carbons (Fsp3) is 0.222. The highest BCUT2D eigenvalue weighted by Crippen LogP contribution is 2.26. The van der Waals surface area contributed by atoms with E-state index in [9.17, 15) is 9.59 Å². The maximum absolute atomic E-state index is 12.9. The highest BCUT2D eigenvalue weighted by atomic mass is 79.9. The van der Waals surface area contributed by atoms with Gasteiger partial charge in [0.1, 0.15) is 5.75 Å². The number of carbonyl (C=O) groups excluding carboxylic acids is 2. The van der Waals surface area contributed by atoms with Crippen molar-refractivity contribution in [2.75, 3.05) is 25.1 Å². The van der Waals surface area contributed by atoms with Gasteiger partial charge >= 0.3 is 0 Å². The molecule has 2 amide bonds. The Labute approximate surface area is 219 Å². The Bertz CT molecular complexity index is 1190. The average molecular weight is 555 g/mol. The van der Waals surface area contributed by atoms with Crippen LogP contribution in [0.15, 0.2) is 77.3 Å². The zero-order chi connectivity index (χ0) is 25.2. The standard InChI is InChI=1S/C27H28BrN3O3S/c1-3-17-34-24-14-13-20(18-22(24)28)25(32)30-27(35)31(2)23-12-8-7-11-21(23)26(33)29-16-15-19-9-5-4-6-10-19/h4-14,18H,3,15-17H2,1-2H3,(H,29,33)(H,30,32,35). The molecule has 0 aliphatic rings. The smallest absolute Gasteiger partial charge is 0.257 e. The van der Waals surface area contributed by atoms with E-state index in [-0.39, 0.29) is 16.9 Å². The highest BCUT2D eigenvalue weighted by Gasteiger charge is 2.18. The molecule has 0 saturated heterocycles. The molecule has 6 nitrogen and oxygen atoms in total. The summed E-state index contributed by atoms with van der Waals surface area (Å²) >= 11 is 8.92. The Kier molecular flexibility index (Phi) is 9.81. The van der Waals surface area contributed by atoms with Crippen LogP contribution in [-0.4, -0.2) is 37.1 Å². The molecule has 3 aromatic carbocycles. The van der Waals surface area contributed by atoms with Crippen molar-refractivity contribution in [3.05, 3.63) is 94.0 Å². The topological polar surface area (TPSA) is 70.7 Å². The Morgan fingerprint density at radius 2 is 1.71 bits per heavy atom. The predicted molar refractivity (Wildman–Crippen MR) is 147 cm³/mol. The lowest BCUT2D eigenvalue weighted by molar-refractivity contribution is 0.0952. The third-order valence-electron chi connectivity index (χ3n) is 5.23. The fourth-order valence-electron chi connectivity index (χ4n) is 3.35. The van der Waals surface area contributed by atoms with Gasteiger partial charge in [0.15, 0.2) is 5.11 Å². The number of rotatable bonds is 9. The number of anilines is 1. The van der Waals surface area contributed by atoms with Crippen molar-refractivity contribution in [2.24, 2.45) is 0 Å². The fourth-order valence-corrected chi connectivity index (χ4v) is 4.04. The molecule has 3 aromatic rings. The second-order valence-electron chi connectivity index (χ2n) is 7.82. The molecule has 0 unspecified atom stereocenters. The van der Waals surface area contributed by atoms with Gasteiger partial charge in [-0.25, -0.2) is 0 Å². The molecule has 2 N–H and O–H groups in total. The third kappa shape index (κ3) is 7.37. The molecular formula is C27H28BrN3O3S. The summed E-state index contributed by atoms with van der Waals surface area (Å²) < 4.78 is 6.33. The number of thiocarbonyl (C=S) groups is 1. The minimum Gasteiger partial charge on any atom is -0.492 e. The number of carbonyl (C=O) groups is 2. The summed E-state index contributed by atoms with van der Waals surface area (Å²) in [6, 6.07) is 22.2. The zero-order valence-electron chi connectivity index (χ0n) is 19.7. The van der Waals surface area contributed by atoms with Crippen LogP contribution in [0.4, 0.5) is 5.69 Å². The van der Waals surface area contributed by atoms with Gasteiger partial charge in [0.05, 0.1) is 22.3 Å². The molecule has 182 valence electrons. The van der Waals surface area contributed by atoms with Gasteiger partial charge in [-0.3, -0.25) is 14.9 Å². The van der Waals surface area contributed by atoms with E-state index < -0.39 is 0 Å². The van der Waals surface area contributed by atoms with E-state index >= 15 is 0 Å². The second kappa shape index (κ2) is 13.0. The summed E-state index contributed by atoms with van der Waals surface area (Å²) in [5, 5.41) is 5.88. The van der Waals surface area contributed by atoms with Crippen molar-refractivity contribution < 1.29 is 14.3 Å². The molecule has 0 heterocycles. The molecule has 0 bridgehead atoms. The van der Waals surface area contributed by atoms with E-state index in [0.29, 0.717) is 40.2 Å². The summed E-state index contributed by atoms with van der Waals surface area (Å²) in [7, 11) is 1.72. The van der Waals surface area contributed by atoms with Crippen molar-refractivity contribution in [1.82, 2.24) is 10.6 Å². The number of nitrogens with one attached hydrogen (secondary N) is 2. The van der Waals surface area contributed by atoms with Gasteiger partial charge < -0.3 is 15.0 Å². The van der Waals surface area contributed by atoms with Gasteiger partial charge in [-0.15, -0.1) is 0 Å². The number of hydrogen-bond acceptors (Lipinski definition) is 4. The van der Waals surface area contributed by atoms with E-state index in [0.717, 1.165) is 18.4 Å². The number of amides is 2. The Morgan fingerprint density at radius 1 is 1.00 bits per heavy atom. The van der Waals surface area contributed by atoms with E-state index in [2.05, 4.69) is 26.6 Å². The Hall–Kier alpha value is -3.23. The van der Waals surface area contributed by atoms with Crippen LogP contribution in [0.25, 0.3) is 0 Å². The van der Waals surface area contributed by atoms with Crippen LogP contribution in [0.3, 0.4) is 0 Å². The molecule has 0 aliphatic carbocycles. The number of nitrogens with zero attached hydrogens (tertiary/aromatic N) is 1. The second-order valence-corrected chi connectivity index (χ2v) is 9.06. The molecule has 0 aliphatic heterocycles. The van der Waals surface area contributed by atoms with Crippen molar-refractivity contribution >= 4 is 50.8 Å². The molecule has 0 spiro atoms. The zero-order valence-corrected chi connectivity index (χ0v) is 22.1. The largest absolute Gasteiger partial charge is 0.492 e. The third-order valence-corrected chi connectivity index (χ3v) is 6.23. The highest BCUT2D eigenvalue weighted by molar-refractivity contribution is 9.10. The summed E-state index contributed by atoms with van der Waals surface area (Å²) in [5.74, 6) is 0.119. The minimum atomic E-state index is -0.352. The monoisotopic (exact) mass is 553 g/mol. The van der Waals surface area contributed by atoms with Gasteiger partial charge in [-0.1, -0.05) is 49.4 Å². The van der Waals surface area contributed by atoms with Crippen LogP contribution in [0, 0.1) is 0 Å². The lowest BCUT2D eigenvalue weighted by Crippen LogP contribution is -2.41. The molecule has 35 heavy (non-hydrogen) atoms. The summed E-state index contributed by atoms with van der Waals surface area (Å²) in [5.41, 5.74) is 2.65. The first-order valence-corrected chi connectivity index (χ1v) is 12.5. The van der Waals surface area contributed by atoms with Crippen molar-refractivity contribution in [3.63, 3.8) is 0 Å². The van der Waals surface area contributed by atoms with E-state index in [1.165, 1.54) is 0 Å².